The quantitative estimate of drug-likeness (QED) is 0.438. The Morgan fingerprint density at radius 2 is 1.77 bits per heavy atom. The molecular weight excluding hydrogens is 467 g/mol. The Labute approximate surface area is 197 Å². The van der Waals surface area contributed by atoms with E-state index in [1.54, 1.807) is 0 Å². The number of aromatic amines is 1. The first kappa shape index (κ1) is 25.7. The van der Waals surface area contributed by atoms with E-state index in [-0.39, 0.29) is 35.0 Å². The van der Waals surface area contributed by atoms with E-state index < -0.39 is 52.7 Å². The average Bonchev–Trinajstić information content (AvgIpc) is 2.79. The topological polar surface area (TPSA) is 126 Å². The number of pyridine rings is 1. The van der Waals surface area contributed by atoms with Gasteiger partial charge in [0.25, 0.3) is 11.5 Å². The fraction of sp³-hybridized carbons (Fsp3) is 0.348. The first-order valence-corrected chi connectivity index (χ1v) is 10.8. The summed E-state index contributed by atoms with van der Waals surface area (Å²) in [6.07, 6.45) is 0. The molecule has 0 saturated heterocycles. The largest absolute Gasteiger partial charge is 0.343 e. The van der Waals surface area contributed by atoms with Crippen LogP contribution in [-0.2, 0) is 11.3 Å². The van der Waals surface area contributed by atoms with Gasteiger partial charge in [0.05, 0.1) is 23.2 Å². The van der Waals surface area contributed by atoms with Crippen molar-refractivity contribution in [2.45, 2.75) is 40.2 Å². The minimum Gasteiger partial charge on any atom is -0.343 e. The molecule has 9 nitrogen and oxygen atoms in total. The molecule has 3 N–H and O–H groups in total. The molecule has 0 spiro atoms. The molecule has 3 rings (SSSR count). The Morgan fingerprint density at radius 1 is 1.09 bits per heavy atom. The summed E-state index contributed by atoms with van der Waals surface area (Å²) < 4.78 is 41.5. The van der Waals surface area contributed by atoms with Crippen molar-refractivity contribution in [1.82, 2.24) is 19.9 Å². The number of fused-ring (bicyclic) bond motifs is 1. The second-order valence-electron chi connectivity index (χ2n) is 8.67. The summed E-state index contributed by atoms with van der Waals surface area (Å²) >= 11 is 0. The number of amides is 2. The number of nitrogens with one attached hydrogen (secondary N) is 3. The lowest BCUT2D eigenvalue weighted by Crippen LogP contribution is -2.36. The van der Waals surface area contributed by atoms with Gasteiger partial charge in [-0.1, -0.05) is 27.7 Å². The third kappa shape index (κ3) is 5.42. The third-order valence-corrected chi connectivity index (χ3v) is 5.07. The maximum Gasteiger partial charge on any atom is 0.330 e. The van der Waals surface area contributed by atoms with E-state index in [2.05, 4.69) is 15.3 Å². The van der Waals surface area contributed by atoms with Crippen molar-refractivity contribution < 1.29 is 22.8 Å². The summed E-state index contributed by atoms with van der Waals surface area (Å²) in [6.45, 7) is 6.95. The average molecular weight is 491 g/mol. The van der Waals surface area contributed by atoms with Crippen LogP contribution in [0.1, 0.15) is 49.7 Å². The van der Waals surface area contributed by atoms with Gasteiger partial charge in [0.2, 0.25) is 5.91 Å². The summed E-state index contributed by atoms with van der Waals surface area (Å²) in [5.74, 6) is -6.61. The lowest BCUT2D eigenvalue weighted by molar-refractivity contribution is -0.115. The van der Waals surface area contributed by atoms with Crippen LogP contribution in [0.4, 0.5) is 18.9 Å². The zero-order valence-corrected chi connectivity index (χ0v) is 19.5. The summed E-state index contributed by atoms with van der Waals surface area (Å²) in [5.41, 5.74) is -1.70. The van der Waals surface area contributed by atoms with Crippen molar-refractivity contribution in [3.8, 4) is 0 Å². The van der Waals surface area contributed by atoms with Gasteiger partial charge >= 0.3 is 5.69 Å². The van der Waals surface area contributed by atoms with Crippen LogP contribution in [0.3, 0.4) is 0 Å². The molecule has 0 radical (unpaired) electrons. The summed E-state index contributed by atoms with van der Waals surface area (Å²) in [6, 6.07) is 2.88. The van der Waals surface area contributed by atoms with E-state index in [1.807, 2.05) is 33.0 Å². The number of rotatable bonds is 7. The van der Waals surface area contributed by atoms with Crippen molar-refractivity contribution in [2.75, 3.05) is 11.9 Å². The van der Waals surface area contributed by atoms with Crippen LogP contribution in [0, 0.1) is 23.4 Å². The number of benzene rings is 1. The van der Waals surface area contributed by atoms with Crippen molar-refractivity contribution in [1.29, 1.82) is 0 Å². The SMILES string of the molecule is CC(C)Cn1c(=O)[nH]c(=O)c2c(C(=O)NCC(=O)Nc3ccc(F)c(F)c3F)cc(C(C)C)nc21. The first-order chi connectivity index (χ1) is 16.4. The lowest BCUT2D eigenvalue weighted by Gasteiger charge is -2.16. The molecule has 3 aromatic rings. The van der Waals surface area contributed by atoms with Crippen molar-refractivity contribution in [2.24, 2.45) is 5.92 Å². The predicted molar refractivity (Wildman–Crippen MR) is 123 cm³/mol. The molecule has 0 aliphatic rings. The van der Waals surface area contributed by atoms with E-state index in [4.69, 9.17) is 0 Å². The fourth-order valence-corrected chi connectivity index (χ4v) is 3.38. The molecular formula is C23H24F3N5O4. The smallest absolute Gasteiger partial charge is 0.330 e. The monoisotopic (exact) mass is 491 g/mol. The number of carbonyl (C=O) groups excluding carboxylic acids is 2. The van der Waals surface area contributed by atoms with Crippen LogP contribution < -0.4 is 21.9 Å². The Morgan fingerprint density at radius 3 is 2.40 bits per heavy atom. The molecule has 0 unspecified atom stereocenters. The van der Waals surface area contributed by atoms with Crippen LogP contribution in [0.25, 0.3) is 11.0 Å². The first-order valence-electron chi connectivity index (χ1n) is 10.8. The van der Waals surface area contributed by atoms with Gasteiger partial charge in [-0.15, -0.1) is 0 Å². The molecule has 1 aromatic carbocycles. The highest BCUT2D eigenvalue weighted by Crippen LogP contribution is 2.21. The van der Waals surface area contributed by atoms with Gasteiger partial charge in [-0.3, -0.25) is 23.9 Å². The second-order valence-corrected chi connectivity index (χ2v) is 8.67. The Hall–Kier alpha value is -3.96. The molecule has 12 heteroatoms. The second kappa shape index (κ2) is 10.1. The van der Waals surface area contributed by atoms with Crippen LogP contribution in [0.5, 0.6) is 0 Å². The summed E-state index contributed by atoms with van der Waals surface area (Å²) in [7, 11) is 0. The molecule has 0 atom stereocenters. The minimum atomic E-state index is -1.75. The number of anilines is 1. The molecule has 0 aliphatic heterocycles. The van der Waals surface area contributed by atoms with Gasteiger partial charge in [-0.2, -0.15) is 0 Å². The van der Waals surface area contributed by atoms with Crippen molar-refractivity contribution >= 4 is 28.5 Å². The number of halogens is 3. The highest BCUT2D eigenvalue weighted by molar-refractivity contribution is 6.07. The highest BCUT2D eigenvalue weighted by Gasteiger charge is 2.22. The van der Waals surface area contributed by atoms with Gasteiger partial charge in [0, 0.05) is 12.2 Å². The third-order valence-electron chi connectivity index (χ3n) is 5.07. The molecule has 2 aromatic heterocycles. The molecule has 0 fully saturated rings. The molecule has 0 bridgehead atoms. The van der Waals surface area contributed by atoms with Crippen molar-refractivity contribution in [3.05, 3.63) is 67.7 Å². The maximum atomic E-state index is 13.8. The number of carbonyl (C=O) groups is 2. The molecule has 0 saturated carbocycles. The van der Waals surface area contributed by atoms with E-state index in [0.717, 1.165) is 6.07 Å². The number of hydrogen-bond acceptors (Lipinski definition) is 5. The van der Waals surface area contributed by atoms with Gasteiger partial charge < -0.3 is 10.6 Å². The Kier molecular flexibility index (Phi) is 7.42. The van der Waals surface area contributed by atoms with Crippen LogP contribution in [-0.4, -0.2) is 32.9 Å². The lowest BCUT2D eigenvalue weighted by atomic mass is 10.0. The zero-order chi connectivity index (χ0) is 26.0. The minimum absolute atomic E-state index is 0.0315. The molecule has 186 valence electrons. The van der Waals surface area contributed by atoms with Gasteiger partial charge in [-0.25, -0.2) is 22.9 Å². The summed E-state index contributed by atoms with van der Waals surface area (Å²) in [4.78, 5) is 56.9. The standard InChI is InChI=1S/C23H24F3N5O4/c1-10(2)9-31-20-17(22(34)30-23(31)35)12(7-15(29-20)11(3)4)21(33)27-8-16(32)28-14-6-5-13(24)18(25)19(14)26/h5-7,10-11H,8-9H2,1-4H3,(H,27,33)(H,28,32)(H,30,34,35). The van der Waals surface area contributed by atoms with Gasteiger partial charge in [-0.05, 0) is 30.0 Å². The number of nitrogens with zero attached hydrogens (tertiary/aromatic N) is 2. The van der Waals surface area contributed by atoms with Gasteiger partial charge in [0.15, 0.2) is 23.1 Å². The van der Waals surface area contributed by atoms with Gasteiger partial charge in [0.1, 0.15) is 0 Å². The molecule has 2 heterocycles. The Bertz CT molecular complexity index is 1430. The zero-order valence-electron chi connectivity index (χ0n) is 19.5. The number of H-pyrrole nitrogens is 1. The fourth-order valence-electron chi connectivity index (χ4n) is 3.38. The normalized spacial score (nSPS) is 11.3. The Balaban J connectivity index is 1.95. The molecule has 2 amide bonds. The predicted octanol–water partition coefficient (Wildman–Crippen LogP) is 2.65. The number of aromatic nitrogens is 3. The highest BCUT2D eigenvalue weighted by atomic mass is 19.2. The maximum absolute atomic E-state index is 13.8. The van der Waals surface area contributed by atoms with Crippen LogP contribution >= 0.6 is 0 Å². The molecule has 35 heavy (non-hydrogen) atoms. The van der Waals surface area contributed by atoms with Crippen molar-refractivity contribution in [3.63, 3.8) is 0 Å². The van der Waals surface area contributed by atoms with Crippen LogP contribution in [0.15, 0.2) is 27.8 Å². The van der Waals surface area contributed by atoms with E-state index in [9.17, 15) is 32.3 Å². The molecule has 0 aliphatic carbocycles. The van der Waals surface area contributed by atoms with E-state index in [0.29, 0.717) is 11.8 Å². The summed E-state index contributed by atoms with van der Waals surface area (Å²) in [5, 5.41) is 4.23. The van der Waals surface area contributed by atoms with E-state index in [1.165, 1.54) is 10.6 Å². The number of hydrogen-bond donors (Lipinski definition) is 3. The van der Waals surface area contributed by atoms with Crippen LogP contribution in [0.2, 0.25) is 0 Å². The van der Waals surface area contributed by atoms with E-state index >= 15 is 0 Å².